The number of carbonyl (C=O) groups excluding carboxylic acids is 3. The fraction of sp³-hybridized carbons (Fsp3) is 0.629. The molecule has 0 bridgehead atoms. The number of morpholine rings is 1. The van der Waals surface area contributed by atoms with Gasteiger partial charge in [-0.1, -0.05) is 42.5 Å². The van der Waals surface area contributed by atoms with E-state index in [1.807, 2.05) is 42.5 Å². The Morgan fingerprint density at radius 3 is 2.65 bits per heavy atom. The highest BCUT2D eigenvalue weighted by molar-refractivity contribution is 6.99. The average molecular weight is 655 g/mol. The van der Waals surface area contributed by atoms with Crippen molar-refractivity contribution in [3.63, 3.8) is 0 Å². The Labute approximate surface area is 277 Å². The number of nitrogens with zero attached hydrogens (tertiary/aromatic N) is 3. The lowest BCUT2D eigenvalue weighted by Gasteiger charge is -2.28. The summed E-state index contributed by atoms with van der Waals surface area (Å²) in [5, 5.41) is 14.0. The Morgan fingerprint density at radius 2 is 1.91 bits per heavy atom. The van der Waals surface area contributed by atoms with Crippen LogP contribution in [0.3, 0.4) is 0 Å². The summed E-state index contributed by atoms with van der Waals surface area (Å²) in [5.41, 5.74) is 1.69. The van der Waals surface area contributed by atoms with E-state index in [4.69, 9.17) is 9.47 Å². The molecule has 2 heterocycles. The van der Waals surface area contributed by atoms with Gasteiger partial charge in [0.15, 0.2) is 5.82 Å². The summed E-state index contributed by atoms with van der Waals surface area (Å²) < 4.78 is 20.5. The van der Waals surface area contributed by atoms with Gasteiger partial charge in [0.2, 0.25) is 0 Å². The van der Waals surface area contributed by atoms with E-state index in [-0.39, 0.29) is 53.9 Å². The Balaban J connectivity index is 1.21. The molecule has 2 fully saturated rings. The van der Waals surface area contributed by atoms with Crippen molar-refractivity contribution in [1.29, 1.82) is 0 Å². The zero-order valence-corrected chi connectivity index (χ0v) is 28.3. The predicted octanol–water partition coefficient (Wildman–Crippen LogP) is 4.49. The normalized spacial score (nSPS) is 21.2. The number of nitrogens with one attached hydrogen (secondary N) is 1. The molecule has 4 rings (SSSR count). The number of hydrogen-bond donors (Lipinski definition) is 2. The van der Waals surface area contributed by atoms with Gasteiger partial charge in [0.05, 0.1) is 31.0 Å². The molecule has 11 heteroatoms. The molecule has 2 aromatic rings. The van der Waals surface area contributed by atoms with Crippen LogP contribution < -0.4 is 10.2 Å². The van der Waals surface area contributed by atoms with Crippen molar-refractivity contribution in [2.24, 2.45) is 11.8 Å². The zero-order chi connectivity index (χ0) is 32.9. The summed E-state index contributed by atoms with van der Waals surface area (Å²) in [7, 11) is 0. The lowest BCUT2D eigenvalue weighted by molar-refractivity contribution is -0.149. The number of hydrogen-bond acceptors (Lipinski definition) is 11. The van der Waals surface area contributed by atoms with Gasteiger partial charge in [-0.2, -0.15) is 8.75 Å². The van der Waals surface area contributed by atoms with Crippen LogP contribution in [0.25, 0.3) is 0 Å². The molecule has 2 aliphatic rings. The van der Waals surface area contributed by atoms with Crippen LogP contribution in [0.2, 0.25) is 0 Å². The minimum absolute atomic E-state index is 0.0585. The molecule has 46 heavy (non-hydrogen) atoms. The minimum Gasteiger partial charge on any atom is -0.461 e. The molecule has 0 radical (unpaired) electrons. The number of rotatable bonds is 17. The molecule has 1 aromatic carbocycles. The largest absolute Gasteiger partial charge is 0.461 e. The molecule has 10 nitrogen and oxygen atoms in total. The van der Waals surface area contributed by atoms with Crippen LogP contribution in [0.5, 0.6) is 0 Å². The molecule has 3 unspecified atom stereocenters. The smallest absolute Gasteiger partial charge is 0.306 e. The van der Waals surface area contributed by atoms with Crippen molar-refractivity contribution in [3.05, 3.63) is 53.7 Å². The molecule has 0 amide bonds. The predicted molar refractivity (Wildman–Crippen MR) is 179 cm³/mol. The van der Waals surface area contributed by atoms with Gasteiger partial charge in [0.1, 0.15) is 23.4 Å². The van der Waals surface area contributed by atoms with Gasteiger partial charge in [-0.05, 0) is 57.9 Å². The molecule has 252 valence electrons. The number of ether oxygens (including phenoxy) is 2. The SMILES string of the molecule is CC(C)(C)NCC(Cc1nsnc1N1CCOCC1)OC(=O)CCCC=CCC1C(=O)C[C@@H](O)C1CCC(=O)Cc1ccccc1. The summed E-state index contributed by atoms with van der Waals surface area (Å²) in [6.45, 7) is 9.59. The van der Waals surface area contributed by atoms with E-state index >= 15 is 0 Å². The van der Waals surface area contributed by atoms with Crippen LogP contribution in [0.4, 0.5) is 5.82 Å². The number of aromatic nitrogens is 2. The standard InChI is InChI=1S/C35H50N4O6S/c1-35(2,3)36-24-27(22-30-34(38-46-37-30)39-17-19-44-20-18-39)45-33(43)14-10-5-4-9-13-28-29(32(42)23-31(28)41)16-15-26(40)21-25-11-7-6-8-12-25/h4,6-9,11-12,27-29,32,36,42H,5,10,13-24H2,1-3H3/t27?,28?,29?,32-/m1/s1. The van der Waals surface area contributed by atoms with Gasteiger partial charge in [-0.3, -0.25) is 14.4 Å². The second-order valence-electron chi connectivity index (χ2n) is 13.4. The monoisotopic (exact) mass is 654 g/mol. The first-order chi connectivity index (χ1) is 22.1. The number of unbranched alkanes of at least 4 members (excludes halogenated alkanes) is 1. The Morgan fingerprint density at radius 1 is 1.15 bits per heavy atom. The second-order valence-corrected chi connectivity index (χ2v) is 14.0. The number of benzene rings is 1. The molecule has 1 aliphatic carbocycles. The highest BCUT2D eigenvalue weighted by Crippen LogP contribution is 2.35. The Bertz CT molecular complexity index is 1290. The number of anilines is 1. The van der Waals surface area contributed by atoms with Crippen LogP contribution in [0.1, 0.15) is 77.0 Å². The van der Waals surface area contributed by atoms with Gasteiger partial charge in [-0.25, -0.2) is 0 Å². The van der Waals surface area contributed by atoms with E-state index < -0.39 is 6.10 Å². The first-order valence-corrected chi connectivity index (χ1v) is 17.3. The Kier molecular flexibility index (Phi) is 13.9. The van der Waals surface area contributed by atoms with Crippen LogP contribution in [0.15, 0.2) is 42.5 Å². The molecule has 1 aliphatic heterocycles. The fourth-order valence-electron chi connectivity index (χ4n) is 6.06. The van der Waals surface area contributed by atoms with Crippen LogP contribution in [-0.4, -0.2) is 82.0 Å². The maximum Gasteiger partial charge on any atom is 0.306 e. The van der Waals surface area contributed by atoms with Gasteiger partial charge in [0, 0.05) is 63.2 Å². The minimum atomic E-state index is -0.698. The van der Waals surface area contributed by atoms with Gasteiger partial charge in [-0.15, -0.1) is 0 Å². The molecule has 1 saturated heterocycles. The molecule has 0 spiro atoms. The quantitative estimate of drug-likeness (QED) is 0.143. The van der Waals surface area contributed by atoms with E-state index in [0.29, 0.717) is 64.7 Å². The molecular formula is C35H50N4O6S. The zero-order valence-electron chi connectivity index (χ0n) is 27.5. The number of allylic oxidation sites excluding steroid dienone is 2. The molecular weight excluding hydrogens is 604 g/mol. The maximum absolute atomic E-state index is 12.9. The van der Waals surface area contributed by atoms with Crippen molar-refractivity contribution >= 4 is 35.1 Å². The number of esters is 1. The summed E-state index contributed by atoms with van der Waals surface area (Å²) in [6.07, 6.45) is 6.91. The third-order valence-corrected chi connectivity index (χ3v) is 9.13. The van der Waals surface area contributed by atoms with E-state index in [2.05, 4.69) is 39.7 Å². The van der Waals surface area contributed by atoms with Crippen molar-refractivity contribution in [2.45, 2.75) is 96.3 Å². The van der Waals surface area contributed by atoms with Crippen LogP contribution >= 0.6 is 11.7 Å². The van der Waals surface area contributed by atoms with Crippen molar-refractivity contribution in [2.75, 3.05) is 37.7 Å². The lowest BCUT2D eigenvalue weighted by Crippen LogP contribution is -2.43. The third kappa shape index (κ3) is 11.7. The van der Waals surface area contributed by atoms with Crippen LogP contribution in [-0.2, 0) is 36.7 Å². The first kappa shape index (κ1) is 35.9. The van der Waals surface area contributed by atoms with Gasteiger partial charge >= 0.3 is 5.97 Å². The molecule has 1 aromatic heterocycles. The molecule has 2 N–H and O–H groups in total. The second kappa shape index (κ2) is 17.8. The molecule has 1 saturated carbocycles. The fourth-order valence-corrected chi connectivity index (χ4v) is 6.66. The highest BCUT2D eigenvalue weighted by Gasteiger charge is 2.40. The van der Waals surface area contributed by atoms with Gasteiger partial charge in [0.25, 0.3) is 0 Å². The highest BCUT2D eigenvalue weighted by atomic mass is 32.1. The lowest BCUT2D eigenvalue weighted by atomic mass is 9.86. The molecule has 4 atom stereocenters. The van der Waals surface area contributed by atoms with Gasteiger partial charge < -0.3 is 24.8 Å². The summed E-state index contributed by atoms with van der Waals surface area (Å²) in [5.74, 6) is 0.296. The number of ketones is 2. The number of carbonyl (C=O) groups is 3. The van der Waals surface area contributed by atoms with Crippen LogP contribution in [0, 0.1) is 11.8 Å². The van der Waals surface area contributed by atoms with E-state index in [1.54, 1.807) is 0 Å². The van der Waals surface area contributed by atoms with Crippen molar-refractivity contribution in [3.8, 4) is 0 Å². The summed E-state index contributed by atoms with van der Waals surface area (Å²) in [4.78, 5) is 40.2. The number of aliphatic hydroxyl groups excluding tert-OH is 1. The van der Waals surface area contributed by atoms with E-state index in [9.17, 15) is 19.5 Å². The summed E-state index contributed by atoms with van der Waals surface area (Å²) >= 11 is 1.18. The topological polar surface area (TPSA) is 131 Å². The number of aliphatic hydroxyl groups is 1. The van der Waals surface area contributed by atoms with Crippen molar-refractivity contribution < 1.29 is 29.0 Å². The number of Topliss-reactive ketones (excluding diaryl/α,β-unsaturated/α-hetero) is 2. The van der Waals surface area contributed by atoms with Crippen molar-refractivity contribution in [1.82, 2.24) is 14.1 Å². The maximum atomic E-state index is 12.9. The average Bonchev–Trinajstić information content (AvgIpc) is 3.59. The Hall–Kier alpha value is -2.99. The third-order valence-electron chi connectivity index (χ3n) is 8.57. The van der Waals surface area contributed by atoms with E-state index in [1.165, 1.54) is 11.7 Å². The summed E-state index contributed by atoms with van der Waals surface area (Å²) in [6, 6.07) is 9.62. The first-order valence-electron chi connectivity index (χ1n) is 16.6. The van der Waals surface area contributed by atoms with E-state index in [0.717, 1.165) is 30.2 Å².